The van der Waals surface area contributed by atoms with Crippen molar-refractivity contribution in [2.24, 2.45) is 0 Å². The molecule has 9 rings (SSSR count). The molecule has 0 atom stereocenters. The lowest BCUT2D eigenvalue weighted by Crippen LogP contribution is -1.99. The molecule has 3 heteroatoms. The first-order valence-electron chi connectivity index (χ1n) is 15.5. The molecule has 0 bridgehead atoms. The molecule has 0 fully saturated rings. The molecule has 0 N–H and O–H groups in total. The van der Waals surface area contributed by atoms with Crippen molar-refractivity contribution in [3.05, 3.63) is 169 Å². The molecule has 2 aromatic heterocycles. The number of benzene rings is 7. The minimum absolute atomic E-state index is 0.647. The van der Waals surface area contributed by atoms with Crippen LogP contribution in [0.15, 0.2) is 164 Å². The number of aromatic nitrogens is 2. The fourth-order valence-corrected chi connectivity index (χ4v) is 7.26. The number of fused-ring (bicyclic) bond motifs is 6. The monoisotopic (exact) mass is 585 g/mol. The molecule has 2 heterocycles. The van der Waals surface area contributed by atoms with Crippen LogP contribution in [0.3, 0.4) is 0 Å². The number of hydrogen-bond donors (Lipinski definition) is 0. The zero-order valence-electron chi connectivity index (χ0n) is 24.9. The van der Waals surface area contributed by atoms with Crippen molar-refractivity contribution in [2.45, 2.75) is 0 Å². The van der Waals surface area contributed by atoms with E-state index in [1.165, 1.54) is 21.5 Å². The van der Waals surface area contributed by atoms with Crippen molar-refractivity contribution >= 4 is 43.6 Å². The first-order valence-corrected chi connectivity index (χ1v) is 15.5. The maximum absolute atomic E-state index is 10.5. The highest BCUT2D eigenvalue weighted by atomic mass is 15.0. The largest absolute Gasteiger partial charge is 0.309 e. The fraction of sp³-hybridized carbons (Fsp3) is 0. The molecule has 0 saturated heterocycles. The number of nitriles is 1. The summed E-state index contributed by atoms with van der Waals surface area (Å²) in [6.45, 7) is 0. The Hall–Kier alpha value is -6.37. The summed E-state index contributed by atoms with van der Waals surface area (Å²) in [4.78, 5) is 0. The zero-order valence-corrected chi connectivity index (χ0v) is 24.9. The third-order valence-corrected chi connectivity index (χ3v) is 9.17. The Morgan fingerprint density at radius 2 is 0.891 bits per heavy atom. The Morgan fingerprint density at radius 1 is 0.413 bits per heavy atom. The highest BCUT2D eigenvalue weighted by molar-refractivity contribution is 6.11. The van der Waals surface area contributed by atoms with Crippen LogP contribution in [0.2, 0.25) is 0 Å². The molecule has 0 unspecified atom stereocenters. The van der Waals surface area contributed by atoms with Crippen LogP contribution in [0.5, 0.6) is 0 Å². The molecular weight excluding hydrogens is 558 g/mol. The maximum atomic E-state index is 10.5. The van der Waals surface area contributed by atoms with Gasteiger partial charge < -0.3 is 9.13 Å². The van der Waals surface area contributed by atoms with Crippen molar-refractivity contribution in [1.82, 2.24) is 9.13 Å². The van der Waals surface area contributed by atoms with Gasteiger partial charge in [0.15, 0.2) is 0 Å². The van der Waals surface area contributed by atoms with Crippen LogP contribution < -0.4 is 0 Å². The van der Waals surface area contributed by atoms with E-state index in [1.54, 1.807) is 0 Å². The first kappa shape index (κ1) is 26.1. The normalized spacial score (nSPS) is 11.5. The fourth-order valence-electron chi connectivity index (χ4n) is 7.26. The van der Waals surface area contributed by atoms with Gasteiger partial charge >= 0.3 is 0 Å². The third-order valence-electron chi connectivity index (χ3n) is 9.17. The van der Waals surface area contributed by atoms with Gasteiger partial charge in [-0.1, -0.05) is 115 Å². The second kappa shape index (κ2) is 10.4. The van der Waals surface area contributed by atoms with Gasteiger partial charge in [-0.3, -0.25) is 0 Å². The van der Waals surface area contributed by atoms with E-state index in [0.29, 0.717) is 5.56 Å². The molecule has 46 heavy (non-hydrogen) atoms. The molecule has 9 aromatic rings. The Kier molecular flexibility index (Phi) is 5.88. The molecule has 0 aliphatic heterocycles. The van der Waals surface area contributed by atoms with Crippen LogP contribution in [0, 0.1) is 11.3 Å². The van der Waals surface area contributed by atoms with Crippen LogP contribution in [-0.2, 0) is 0 Å². The van der Waals surface area contributed by atoms with E-state index in [1.807, 2.05) is 12.1 Å². The third kappa shape index (κ3) is 3.84. The molecule has 0 amide bonds. The van der Waals surface area contributed by atoms with Gasteiger partial charge in [0.05, 0.1) is 39.4 Å². The number of hydrogen-bond acceptors (Lipinski definition) is 1. The summed E-state index contributed by atoms with van der Waals surface area (Å²) in [6.07, 6.45) is 0. The van der Waals surface area contributed by atoms with E-state index in [2.05, 4.69) is 167 Å². The van der Waals surface area contributed by atoms with Crippen LogP contribution in [-0.4, -0.2) is 9.13 Å². The smallest absolute Gasteiger partial charge is 0.0998 e. The average molecular weight is 586 g/mol. The Morgan fingerprint density at radius 3 is 1.48 bits per heavy atom. The lowest BCUT2D eigenvalue weighted by molar-refractivity contribution is 1.18. The van der Waals surface area contributed by atoms with E-state index in [9.17, 15) is 5.26 Å². The first-order chi connectivity index (χ1) is 22.8. The van der Waals surface area contributed by atoms with Crippen molar-refractivity contribution in [3.63, 3.8) is 0 Å². The van der Waals surface area contributed by atoms with E-state index >= 15 is 0 Å². The Bertz CT molecular complexity index is 2560. The quantitative estimate of drug-likeness (QED) is 0.202. The molecule has 214 valence electrons. The van der Waals surface area contributed by atoms with Crippen LogP contribution in [0.25, 0.3) is 77.2 Å². The maximum Gasteiger partial charge on any atom is 0.0998 e. The highest BCUT2D eigenvalue weighted by Gasteiger charge is 2.20. The van der Waals surface area contributed by atoms with Crippen LogP contribution >= 0.6 is 0 Å². The Labute approximate surface area is 266 Å². The molecule has 0 aliphatic rings. The minimum atomic E-state index is 0.647. The van der Waals surface area contributed by atoms with Crippen LogP contribution in [0.4, 0.5) is 0 Å². The van der Waals surface area contributed by atoms with Gasteiger partial charge in [-0.2, -0.15) is 5.26 Å². The standard InChI is InChI=1S/C43H27N3/c44-28-30-14-12-21-37(36-20-5-10-26-42(36)46-40-24-8-3-18-34(40)35-19-4-9-25-41(35)46)43(30)29-13-11-15-31(27-29)45-38-22-6-1-16-32(38)33-17-2-7-23-39(33)45/h1-27H. The number of rotatable bonds is 4. The lowest BCUT2D eigenvalue weighted by atomic mass is 9.90. The molecule has 7 aromatic carbocycles. The van der Waals surface area contributed by atoms with E-state index < -0.39 is 0 Å². The summed E-state index contributed by atoms with van der Waals surface area (Å²) in [5, 5.41) is 15.4. The minimum Gasteiger partial charge on any atom is -0.309 e. The molecule has 0 radical (unpaired) electrons. The molecule has 3 nitrogen and oxygen atoms in total. The number of para-hydroxylation sites is 5. The number of nitrogens with zero attached hydrogens (tertiary/aromatic N) is 3. The van der Waals surface area contributed by atoms with Crippen molar-refractivity contribution in [2.75, 3.05) is 0 Å². The molecule has 0 aliphatic carbocycles. The van der Waals surface area contributed by atoms with Crippen molar-refractivity contribution in [1.29, 1.82) is 5.26 Å². The van der Waals surface area contributed by atoms with Gasteiger partial charge in [-0.05, 0) is 59.7 Å². The van der Waals surface area contributed by atoms with Gasteiger partial charge in [0.2, 0.25) is 0 Å². The second-order valence-electron chi connectivity index (χ2n) is 11.6. The summed E-state index contributed by atoms with van der Waals surface area (Å²) < 4.78 is 4.69. The predicted octanol–water partition coefficient (Wildman–Crippen LogP) is 11.1. The summed E-state index contributed by atoms with van der Waals surface area (Å²) in [5.74, 6) is 0. The SMILES string of the molecule is N#Cc1cccc(-c2ccccc2-n2c3ccccc3c3ccccc32)c1-c1cccc(-n2c3ccccc3c3ccccc32)c1. The highest BCUT2D eigenvalue weighted by Crippen LogP contribution is 2.41. The van der Waals surface area contributed by atoms with Gasteiger partial charge in [0.25, 0.3) is 0 Å². The van der Waals surface area contributed by atoms with Gasteiger partial charge in [0, 0.05) is 38.4 Å². The average Bonchev–Trinajstić information content (AvgIpc) is 3.64. The predicted molar refractivity (Wildman–Crippen MR) is 191 cm³/mol. The van der Waals surface area contributed by atoms with E-state index in [-0.39, 0.29) is 0 Å². The van der Waals surface area contributed by atoms with Crippen LogP contribution in [0.1, 0.15) is 5.56 Å². The summed E-state index contributed by atoms with van der Waals surface area (Å²) in [5.41, 5.74) is 11.4. The molecular formula is C43H27N3. The molecule has 0 saturated carbocycles. The summed E-state index contributed by atoms with van der Waals surface area (Å²) in [7, 11) is 0. The van der Waals surface area contributed by atoms with Crippen molar-refractivity contribution < 1.29 is 0 Å². The molecule has 0 spiro atoms. The Balaban J connectivity index is 1.30. The van der Waals surface area contributed by atoms with Gasteiger partial charge in [0.1, 0.15) is 0 Å². The van der Waals surface area contributed by atoms with E-state index in [0.717, 1.165) is 55.7 Å². The summed E-state index contributed by atoms with van der Waals surface area (Å²) >= 11 is 0. The zero-order chi connectivity index (χ0) is 30.6. The van der Waals surface area contributed by atoms with Gasteiger partial charge in [-0.25, -0.2) is 0 Å². The lowest BCUT2D eigenvalue weighted by Gasteiger charge is -2.18. The topological polar surface area (TPSA) is 33.6 Å². The van der Waals surface area contributed by atoms with E-state index in [4.69, 9.17) is 0 Å². The summed E-state index contributed by atoms with van der Waals surface area (Å²) in [6, 6.07) is 60.0. The second-order valence-corrected chi connectivity index (χ2v) is 11.6. The van der Waals surface area contributed by atoms with Crippen molar-refractivity contribution in [3.8, 4) is 39.7 Å². The van der Waals surface area contributed by atoms with Gasteiger partial charge in [-0.15, -0.1) is 0 Å².